The summed E-state index contributed by atoms with van der Waals surface area (Å²) in [5, 5.41) is 2.86. The van der Waals surface area contributed by atoms with E-state index in [-0.39, 0.29) is 22.5 Å². The highest BCUT2D eigenvalue weighted by molar-refractivity contribution is 7.92. The number of para-hydroxylation sites is 1. The smallest absolute Gasteiger partial charge is 0.261 e. The number of anilines is 1. The number of nitrogens with one attached hydrogen (secondary N) is 2. The number of amides is 1. The molecule has 3 aromatic carbocycles. The van der Waals surface area contributed by atoms with E-state index in [1.165, 1.54) is 48.5 Å². The molecule has 0 aromatic heterocycles. The second-order valence-corrected chi connectivity index (χ2v) is 7.90. The molecule has 1 amide bonds. The number of carbonyl (C=O) groups excluding carboxylic acids is 1. The Labute approximate surface area is 163 Å². The normalized spacial score (nSPS) is 12.2. The summed E-state index contributed by atoms with van der Waals surface area (Å²) in [5.74, 6) is -0.987. The van der Waals surface area contributed by atoms with E-state index in [4.69, 9.17) is 0 Å². The maximum atomic E-state index is 13.7. The summed E-state index contributed by atoms with van der Waals surface area (Å²) in [6, 6.07) is 20.3. The van der Waals surface area contributed by atoms with E-state index in [9.17, 15) is 17.6 Å². The number of rotatable bonds is 6. The highest BCUT2D eigenvalue weighted by atomic mass is 32.2. The maximum Gasteiger partial charge on any atom is 0.261 e. The van der Waals surface area contributed by atoms with Crippen molar-refractivity contribution in [2.45, 2.75) is 17.9 Å². The highest BCUT2D eigenvalue weighted by Crippen LogP contribution is 2.19. The van der Waals surface area contributed by atoms with Crippen LogP contribution in [0.2, 0.25) is 0 Å². The molecule has 0 heterocycles. The fraction of sp³-hybridized carbons (Fsp3) is 0.0952. The van der Waals surface area contributed by atoms with Crippen molar-refractivity contribution in [2.24, 2.45) is 0 Å². The van der Waals surface area contributed by atoms with Crippen LogP contribution in [0.25, 0.3) is 0 Å². The molecule has 3 rings (SSSR count). The van der Waals surface area contributed by atoms with Gasteiger partial charge in [0, 0.05) is 5.56 Å². The van der Waals surface area contributed by atoms with Gasteiger partial charge in [-0.05, 0) is 48.9 Å². The van der Waals surface area contributed by atoms with Gasteiger partial charge in [0.15, 0.2) is 0 Å². The van der Waals surface area contributed by atoms with E-state index >= 15 is 0 Å². The Hall–Kier alpha value is -3.19. The lowest BCUT2D eigenvalue weighted by Crippen LogP contribution is -2.26. The molecular formula is C21H19FN2O3S. The summed E-state index contributed by atoms with van der Waals surface area (Å²) in [4.78, 5) is 12.3. The topological polar surface area (TPSA) is 75.3 Å². The van der Waals surface area contributed by atoms with E-state index in [2.05, 4.69) is 10.0 Å². The van der Waals surface area contributed by atoms with Gasteiger partial charge in [-0.3, -0.25) is 9.52 Å². The zero-order chi connectivity index (χ0) is 20.1. The third kappa shape index (κ3) is 4.55. The lowest BCUT2D eigenvalue weighted by molar-refractivity contribution is 0.0940. The maximum absolute atomic E-state index is 13.7. The van der Waals surface area contributed by atoms with Crippen LogP contribution >= 0.6 is 0 Å². The molecule has 0 saturated heterocycles. The highest BCUT2D eigenvalue weighted by Gasteiger charge is 2.17. The lowest BCUT2D eigenvalue weighted by atomic mass is 10.1. The summed E-state index contributed by atoms with van der Waals surface area (Å²) >= 11 is 0. The first-order valence-electron chi connectivity index (χ1n) is 8.60. The van der Waals surface area contributed by atoms with E-state index in [0.717, 1.165) is 5.56 Å². The van der Waals surface area contributed by atoms with Crippen molar-refractivity contribution >= 4 is 21.6 Å². The zero-order valence-electron chi connectivity index (χ0n) is 15.1. The van der Waals surface area contributed by atoms with Crippen LogP contribution < -0.4 is 10.0 Å². The van der Waals surface area contributed by atoms with E-state index < -0.39 is 15.8 Å². The molecule has 0 saturated carbocycles. The quantitative estimate of drug-likeness (QED) is 0.656. The molecule has 0 bridgehead atoms. The van der Waals surface area contributed by atoms with Crippen molar-refractivity contribution < 1.29 is 17.6 Å². The van der Waals surface area contributed by atoms with Crippen LogP contribution in [0.15, 0.2) is 83.8 Å². The van der Waals surface area contributed by atoms with Crippen LogP contribution in [-0.2, 0) is 10.0 Å². The number of carbonyl (C=O) groups is 1. The van der Waals surface area contributed by atoms with Crippen LogP contribution in [-0.4, -0.2) is 14.3 Å². The fourth-order valence-corrected chi connectivity index (χ4v) is 3.71. The first kappa shape index (κ1) is 19.6. The predicted octanol–water partition coefficient (Wildman–Crippen LogP) is 4.12. The molecule has 0 aliphatic carbocycles. The van der Waals surface area contributed by atoms with Crippen LogP contribution in [0.5, 0.6) is 0 Å². The van der Waals surface area contributed by atoms with E-state index in [1.807, 2.05) is 37.3 Å². The van der Waals surface area contributed by atoms with Gasteiger partial charge in [0.05, 0.1) is 16.6 Å². The SMILES string of the molecule is CC(NC(=O)c1ccc(S(=O)(=O)Nc2ccccc2F)cc1)c1ccccc1. The lowest BCUT2D eigenvalue weighted by Gasteiger charge is -2.14. The van der Waals surface area contributed by atoms with Gasteiger partial charge >= 0.3 is 0 Å². The van der Waals surface area contributed by atoms with Crippen molar-refractivity contribution in [1.29, 1.82) is 0 Å². The second-order valence-electron chi connectivity index (χ2n) is 6.22. The predicted molar refractivity (Wildman–Crippen MR) is 106 cm³/mol. The number of halogens is 1. The molecule has 0 aliphatic heterocycles. The van der Waals surface area contributed by atoms with Gasteiger partial charge in [0.25, 0.3) is 15.9 Å². The van der Waals surface area contributed by atoms with Crippen LogP contribution in [0.4, 0.5) is 10.1 Å². The first-order chi connectivity index (χ1) is 13.4. The van der Waals surface area contributed by atoms with Gasteiger partial charge in [0.2, 0.25) is 0 Å². The summed E-state index contributed by atoms with van der Waals surface area (Å²) in [7, 11) is -3.97. The second kappa shape index (κ2) is 8.22. The third-order valence-electron chi connectivity index (χ3n) is 4.19. The van der Waals surface area contributed by atoms with Gasteiger partial charge in [-0.25, -0.2) is 12.8 Å². The molecule has 2 N–H and O–H groups in total. The third-order valence-corrected chi connectivity index (χ3v) is 5.57. The van der Waals surface area contributed by atoms with Crippen molar-refractivity contribution in [3.8, 4) is 0 Å². The van der Waals surface area contributed by atoms with Gasteiger partial charge < -0.3 is 5.32 Å². The van der Waals surface area contributed by atoms with E-state index in [1.54, 1.807) is 0 Å². The minimum Gasteiger partial charge on any atom is -0.346 e. The Morgan fingerprint density at radius 1 is 0.893 bits per heavy atom. The minimum atomic E-state index is -3.97. The van der Waals surface area contributed by atoms with Crippen LogP contribution in [0.3, 0.4) is 0 Å². The molecule has 1 unspecified atom stereocenters. The Morgan fingerprint density at radius 3 is 2.14 bits per heavy atom. The molecule has 0 fully saturated rings. The van der Waals surface area contributed by atoms with Gasteiger partial charge in [0.1, 0.15) is 5.82 Å². The first-order valence-corrected chi connectivity index (χ1v) is 10.1. The number of hydrogen-bond acceptors (Lipinski definition) is 3. The molecule has 0 aliphatic rings. The number of sulfonamides is 1. The van der Waals surface area contributed by atoms with Gasteiger partial charge in [-0.1, -0.05) is 42.5 Å². The molecule has 144 valence electrons. The Balaban J connectivity index is 1.72. The Bertz CT molecular complexity index is 1070. The Kier molecular flexibility index (Phi) is 5.75. The summed E-state index contributed by atoms with van der Waals surface area (Å²) in [6.07, 6.45) is 0. The summed E-state index contributed by atoms with van der Waals surface area (Å²) < 4.78 is 40.7. The van der Waals surface area contributed by atoms with Gasteiger partial charge in [-0.15, -0.1) is 0 Å². The number of benzene rings is 3. The molecule has 0 spiro atoms. The number of hydrogen-bond donors (Lipinski definition) is 2. The van der Waals surface area contributed by atoms with Gasteiger partial charge in [-0.2, -0.15) is 0 Å². The molecular weight excluding hydrogens is 379 g/mol. The molecule has 1 atom stereocenters. The van der Waals surface area contributed by atoms with Crippen molar-refractivity contribution in [2.75, 3.05) is 4.72 Å². The average Bonchev–Trinajstić information content (AvgIpc) is 2.70. The zero-order valence-corrected chi connectivity index (χ0v) is 15.9. The van der Waals surface area contributed by atoms with Crippen molar-refractivity contribution in [3.63, 3.8) is 0 Å². The van der Waals surface area contributed by atoms with Crippen molar-refractivity contribution in [3.05, 3.63) is 95.8 Å². The minimum absolute atomic E-state index is 0.0663. The molecule has 3 aromatic rings. The Morgan fingerprint density at radius 2 is 1.50 bits per heavy atom. The standard InChI is InChI=1S/C21H19FN2O3S/c1-15(16-7-3-2-4-8-16)23-21(25)17-11-13-18(14-12-17)28(26,27)24-20-10-6-5-9-19(20)22/h2-15,24H,1H3,(H,23,25). The fourth-order valence-electron chi connectivity index (χ4n) is 2.64. The molecule has 28 heavy (non-hydrogen) atoms. The molecule has 0 radical (unpaired) electrons. The molecule has 7 heteroatoms. The summed E-state index contributed by atoms with van der Waals surface area (Å²) in [6.45, 7) is 1.87. The van der Waals surface area contributed by atoms with Crippen LogP contribution in [0, 0.1) is 5.82 Å². The monoisotopic (exact) mass is 398 g/mol. The summed E-state index contributed by atoms with van der Waals surface area (Å²) in [5.41, 5.74) is 1.15. The average molecular weight is 398 g/mol. The largest absolute Gasteiger partial charge is 0.346 e. The van der Waals surface area contributed by atoms with Crippen LogP contribution in [0.1, 0.15) is 28.9 Å². The molecule has 5 nitrogen and oxygen atoms in total. The van der Waals surface area contributed by atoms with Crippen molar-refractivity contribution in [1.82, 2.24) is 5.32 Å². The van der Waals surface area contributed by atoms with E-state index in [0.29, 0.717) is 5.56 Å².